The van der Waals surface area contributed by atoms with Gasteiger partial charge in [-0.3, -0.25) is 14.9 Å². The van der Waals surface area contributed by atoms with Gasteiger partial charge in [0, 0.05) is 17.9 Å². The number of para-hydroxylation sites is 1. The number of rotatable bonds is 3. The fourth-order valence-corrected chi connectivity index (χ4v) is 3.29. The second-order valence-corrected chi connectivity index (χ2v) is 6.61. The van der Waals surface area contributed by atoms with Crippen LogP contribution in [0.15, 0.2) is 53.5 Å². The molecule has 0 saturated heterocycles. The number of benzene rings is 2. The van der Waals surface area contributed by atoms with Crippen molar-refractivity contribution >= 4 is 29.1 Å². The van der Waals surface area contributed by atoms with Gasteiger partial charge in [0.1, 0.15) is 6.04 Å². The van der Waals surface area contributed by atoms with Crippen LogP contribution < -0.4 is 15.5 Å². The van der Waals surface area contributed by atoms with Gasteiger partial charge in [-0.15, -0.1) is 0 Å². The van der Waals surface area contributed by atoms with Gasteiger partial charge < -0.3 is 10.2 Å². The van der Waals surface area contributed by atoms with E-state index in [0.717, 1.165) is 29.9 Å². The minimum atomic E-state index is -0.691. The lowest BCUT2D eigenvalue weighted by Gasteiger charge is -2.18. The largest absolute Gasteiger partial charge is 0.326 e. The summed E-state index contributed by atoms with van der Waals surface area (Å²) in [6.07, 6.45) is 0.947. The molecule has 0 aliphatic carbocycles. The van der Waals surface area contributed by atoms with E-state index in [4.69, 9.17) is 0 Å². The number of carbonyl (C=O) groups is 2. The maximum absolute atomic E-state index is 12.3. The first-order valence-electron chi connectivity index (χ1n) is 8.71. The first-order valence-corrected chi connectivity index (χ1v) is 8.71. The number of aryl methyl sites for hydroxylation is 1. The van der Waals surface area contributed by atoms with Crippen molar-refractivity contribution in [3.63, 3.8) is 0 Å². The summed E-state index contributed by atoms with van der Waals surface area (Å²) in [5, 5.41) is 5.64. The minimum Gasteiger partial charge on any atom is -0.326 e. The smallest absolute Gasteiger partial charge is 0.252 e. The number of nitrogens with one attached hydrogen (secondary N) is 2. The number of aliphatic imine (C=N–C) groups is 1. The Kier molecular flexibility index (Phi) is 4.16. The van der Waals surface area contributed by atoms with Crippen LogP contribution >= 0.6 is 0 Å². The van der Waals surface area contributed by atoms with E-state index in [1.807, 2.05) is 54.3 Å². The topological polar surface area (TPSA) is 73.8 Å². The normalized spacial score (nSPS) is 18.3. The van der Waals surface area contributed by atoms with Gasteiger partial charge in [-0.1, -0.05) is 35.9 Å². The molecule has 2 aromatic rings. The second kappa shape index (κ2) is 6.63. The summed E-state index contributed by atoms with van der Waals surface area (Å²) in [4.78, 5) is 31.0. The Labute approximate surface area is 151 Å². The number of nitrogens with zero attached hydrogens (tertiary/aromatic N) is 2. The average Bonchev–Trinajstić information content (AvgIpc) is 3.21. The van der Waals surface area contributed by atoms with Crippen LogP contribution in [0.4, 0.5) is 11.4 Å². The highest BCUT2D eigenvalue weighted by Crippen LogP contribution is 2.28. The number of anilines is 2. The van der Waals surface area contributed by atoms with E-state index in [-0.39, 0.29) is 18.2 Å². The van der Waals surface area contributed by atoms with E-state index in [2.05, 4.69) is 21.7 Å². The molecule has 0 saturated carbocycles. The lowest BCUT2D eigenvalue weighted by Crippen LogP contribution is -2.40. The molecule has 0 radical (unpaired) electrons. The van der Waals surface area contributed by atoms with Gasteiger partial charge in [0.25, 0.3) is 5.91 Å². The maximum atomic E-state index is 12.3. The number of carbonyl (C=O) groups excluding carboxylic acids is 2. The van der Waals surface area contributed by atoms with E-state index in [1.165, 1.54) is 5.56 Å². The third-order valence-corrected chi connectivity index (χ3v) is 4.67. The van der Waals surface area contributed by atoms with Crippen LogP contribution in [0.5, 0.6) is 0 Å². The standard InChI is InChI=1S/C20H20N4O2/c1-13-6-8-15(9-7-13)21-18(25)12-16-19(26)23-20(22-16)24-11-10-14-4-2-3-5-17(14)24/h2-9,16H,10-12H2,1H3,(H,21,25)(H,22,23,26)/t16-/m0/s1. The zero-order valence-corrected chi connectivity index (χ0v) is 14.5. The molecular formula is C20H20N4O2. The molecule has 0 spiro atoms. The van der Waals surface area contributed by atoms with Crippen molar-refractivity contribution in [2.75, 3.05) is 16.8 Å². The number of hydrogen-bond acceptors (Lipinski definition) is 4. The van der Waals surface area contributed by atoms with Crippen LogP contribution in [0.25, 0.3) is 0 Å². The van der Waals surface area contributed by atoms with Gasteiger partial charge in [0.15, 0.2) is 0 Å². The van der Waals surface area contributed by atoms with Gasteiger partial charge in [-0.25, -0.2) is 4.99 Å². The second-order valence-electron chi connectivity index (χ2n) is 6.61. The van der Waals surface area contributed by atoms with Gasteiger partial charge >= 0.3 is 0 Å². The Morgan fingerprint density at radius 3 is 2.81 bits per heavy atom. The SMILES string of the molecule is Cc1ccc(NC(=O)C[C@@H]2N=C(N3CCc4ccccc43)NC2=O)cc1. The van der Waals surface area contributed by atoms with Crippen molar-refractivity contribution in [2.45, 2.75) is 25.8 Å². The Morgan fingerprint density at radius 1 is 1.23 bits per heavy atom. The molecule has 2 heterocycles. The Hall–Kier alpha value is -3.15. The highest BCUT2D eigenvalue weighted by Gasteiger charge is 2.33. The quantitative estimate of drug-likeness (QED) is 0.893. The molecule has 2 aliphatic rings. The van der Waals surface area contributed by atoms with Crippen LogP contribution in [0, 0.1) is 6.92 Å². The van der Waals surface area contributed by atoms with E-state index in [0.29, 0.717) is 5.96 Å². The Bertz CT molecular complexity index is 889. The summed E-state index contributed by atoms with van der Waals surface area (Å²) in [7, 11) is 0. The Balaban J connectivity index is 1.44. The lowest BCUT2D eigenvalue weighted by atomic mass is 10.2. The van der Waals surface area contributed by atoms with Crippen LogP contribution in [0.3, 0.4) is 0 Å². The highest BCUT2D eigenvalue weighted by atomic mass is 16.2. The van der Waals surface area contributed by atoms with Crippen molar-refractivity contribution in [1.82, 2.24) is 5.32 Å². The molecule has 2 aliphatic heterocycles. The van der Waals surface area contributed by atoms with Crippen molar-refractivity contribution in [2.24, 2.45) is 4.99 Å². The monoisotopic (exact) mass is 348 g/mol. The molecule has 0 unspecified atom stereocenters. The van der Waals surface area contributed by atoms with Gasteiger partial charge in [0.05, 0.1) is 6.42 Å². The first-order chi connectivity index (χ1) is 12.6. The Morgan fingerprint density at radius 2 is 2.00 bits per heavy atom. The van der Waals surface area contributed by atoms with E-state index < -0.39 is 6.04 Å². The summed E-state index contributed by atoms with van der Waals surface area (Å²) in [5.74, 6) is 0.0809. The first kappa shape index (κ1) is 16.3. The van der Waals surface area contributed by atoms with Gasteiger partial charge in [-0.05, 0) is 37.1 Å². The molecule has 1 atom stereocenters. The molecule has 26 heavy (non-hydrogen) atoms. The van der Waals surface area contributed by atoms with E-state index >= 15 is 0 Å². The molecule has 0 fully saturated rings. The van der Waals surface area contributed by atoms with E-state index in [9.17, 15) is 9.59 Å². The molecule has 132 valence electrons. The number of hydrogen-bond donors (Lipinski definition) is 2. The molecule has 2 N–H and O–H groups in total. The molecule has 0 aromatic heterocycles. The highest BCUT2D eigenvalue weighted by molar-refractivity contribution is 6.13. The predicted octanol–water partition coefficient (Wildman–Crippen LogP) is 2.24. The van der Waals surface area contributed by atoms with Crippen LogP contribution in [0.2, 0.25) is 0 Å². The zero-order valence-electron chi connectivity index (χ0n) is 14.5. The number of amides is 2. The molecule has 2 aromatic carbocycles. The molecule has 6 nitrogen and oxygen atoms in total. The summed E-state index contributed by atoms with van der Waals surface area (Å²) < 4.78 is 0. The minimum absolute atomic E-state index is 0.0265. The maximum Gasteiger partial charge on any atom is 0.252 e. The lowest BCUT2D eigenvalue weighted by molar-refractivity contribution is -0.123. The third kappa shape index (κ3) is 3.18. The van der Waals surface area contributed by atoms with Crippen molar-refractivity contribution in [3.8, 4) is 0 Å². The summed E-state index contributed by atoms with van der Waals surface area (Å²) in [5.41, 5.74) is 4.15. The number of guanidine groups is 1. The molecular weight excluding hydrogens is 328 g/mol. The molecule has 0 bridgehead atoms. The molecule has 2 amide bonds. The van der Waals surface area contributed by atoms with Crippen LogP contribution in [-0.2, 0) is 16.0 Å². The summed E-state index contributed by atoms with van der Waals surface area (Å²) >= 11 is 0. The van der Waals surface area contributed by atoms with Gasteiger partial charge in [-0.2, -0.15) is 0 Å². The van der Waals surface area contributed by atoms with Crippen LogP contribution in [0.1, 0.15) is 17.5 Å². The molecule has 6 heteroatoms. The molecule has 4 rings (SSSR count). The van der Waals surface area contributed by atoms with Crippen LogP contribution in [-0.4, -0.2) is 30.4 Å². The van der Waals surface area contributed by atoms with Crippen molar-refractivity contribution in [3.05, 3.63) is 59.7 Å². The average molecular weight is 348 g/mol. The van der Waals surface area contributed by atoms with Gasteiger partial charge in [0.2, 0.25) is 11.9 Å². The summed E-state index contributed by atoms with van der Waals surface area (Å²) in [6.45, 7) is 2.77. The zero-order chi connectivity index (χ0) is 18.1. The van der Waals surface area contributed by atoms with E-state index in [1.54, 1.807) is 0 Å². The van der Waals surface area contributed by atoms with Crippen molar-refractivity contribution < 1.29 is 9.59 Å². The fraction of sp³-hybridized carbons (Fsp3) is 0.250. The summed E-state index contributed by atoms with van der Waals surface area (Å²) in [6, 6.07) is 14.9. The number of fused-ring (bicyclic) bond motifs is 1. The fourth-order valence-electron chi connectivity index (χ4n) is 3.29. The van der Waals surface area contributed by atoms with Crippen molar-refractivity contribution in [1.29, 1.82) is 0 Å². The third-order valence-electron chi connectivity index (χ3n) is 4.67. The predicted molar refractivity (Wildman–Crippen MR) is 101 cm³/mol.